The van der Waals surface area contributed by atoms with Crippen LogP contribution in [0, 0.1) is 0 Å². The number of hydrogen-bond donors (Lipinski definition) is 0. The maximum absolute atomic E-state index is 5.42. The number of aromatic nitrogens is 1. The molecule has 2 rings (SSSR count). The van der Waals surface area contributed by atoms with Gasteiger partial charge in [0.05, 0.1) is 26.5 Å². The van der Waals surface area contributed by atoms with E-state index in [1.165, 1.54) is 0 Å². The fourth-order valence-corrected chi connectivity index (χ4v) is 1.87. The van der Waals surface area contributed by atoms with Gasteiger partial charge < -0.3 is 14.2 Å². The van der Waals surface area contributed by atoms with Crippen molar-refractivity contribution in [2.75, 3.05) is 20.8 Å². The second kappa shape index (κ2) is 5.69. The van der Waals surface area contributed by atoms with Crippen LogP contribution in [0.25, 0.3) is 10.8 Å². The van der Waals surface area contributed by atoms with Crippen LogP contribution in [0.2, 0.25) is 0 Å². The third-order valence-corrected chi connectivity index (χ3v) is 2.79. The molecular formula is C14H17NO3. The predicted molar refractivity (Wildman–Crippen MR) is 70.2 cm³/mol. The average Bonchev–Trinajstić information content (AvgIpc) is 2.43. The second-order valence-corrected chi connectivity index (χ2v) is 3.82. The number of pyridine rings is 1. The number of fused-ring (bicyclic) bond motifs is 1. The number of hydrogen-bond acceptors (Lipinski definition) is 4. The minimum Gasteiger partial charge on any atom is -0.493 e. The highest BCUT2D eigenvalue weighted by molar-refractivity contribution is 5.87. The van der Waals surface area contributed by atoms with E-state index in [-0.39, 0.29) is 0 Å². The molecule has 0 saturated carbocycles. The van der Waals surface area contributed by atoms with Crippen molar-refractivity contribution >= 4 is 10.8 Å². The minimum atomic E-state index is 0.503. The molecule has 0 aliphatic carbocycles. The molecule has 0 fully saturated rings. The second-order valence-electron chi connectivity index (χ2n) is 3.82. The van der Waals surface area contributed by atoms with Crippen LogP contribution >= 0.6 is 0 Å². The standard InChI is InChI=1S/C14H17NO3/c1-4-18-9-12-11-8-14(17-3)13(16-2)7-10(11)5-6-15-12/h5-8H,4,9H2,1-3H3. The quantitative estimate of drug-likeness (QED) is 0.814. The molecule has 0 N–H and O–H groups in total. The van der Waals surface area contributed by atoms with Crippen molar-refractivity contribution in [3.8, 4) is 11.5 Å². The topological polar surface area (TPSA) is 40.6 Å². The van der Waals surface area contributed by atoms with Crippen molar-refractivity contribution in [3.05, 3.63) is 30.1 Å². The molecular weight excluding hydrogens is 230 g/mol. The Bertz CT molecular complexity index is 540. The highest BCUT2D eigenvalue weighted by Gasteiger charge is 2.09. The van der Waals surface area contributed by atoms with Crippen molar-refractivity contribution in [2.24, 2.45) is 0 Å². The molecule has 18 heavy (non-hydrogen) atoms. The summed E-state index contributed by atoms with van der Waals surface area (Å²) < 4.78 is 16.0. The fourth-order valence-electron chi connectivity index (χ4n) is 1.87. The Kier molecular flexibility index (Phi) is 3.99. The average molecular weight is 247 g/mol. The lowest BCUT2D eigenvalue weighted by Gasteiger charge is -2.11. The maximum atomic E-state index is 5.42. The van der Waals surface area contributed by atoms with Gasteiger partial charge in [-0.3, -0.25) is 4.98 Å². The number of nitrogens with zero attached hydrogens (tertiary/aromatic N) is 1. The zero-order valence-corrected chi connectivity index (χ0v) is 10.9. The maximum Gasteiger partial charge on any atom is 0.161 e. The van der Waals surface area contributed by atoms with Gasteiger partial charge in [0, 0.05) is 18.2 Å². The molecule has 2 aromatic rings. The number of benzene rings is 1. The lowest BCUT2D eigenvalue weighted by Crippen LogP contribution is -1.97. The Morgan fingerprint density at radius 1 is 1.11 bits per heavy atom. The number of rotatable bonds is 5. The molecule has 0 unspecified atom stereocenters. The molecule has 0 radical (unpaired) electrons. The van der Waals surface area contributed by atoms with Crippen LogP contribution in [0.3, 0.4) is 0 Å². The van der Waals surface area contributed by atoms with Gasteiger partial charge in [-0.15, -0.1) is 0 Å². The number of methoxy groups -OCH3 is 2. The van der Waals surface area contributed by atoms with Gasteiger partial charge in [-0.25, -0.2) is 0 Å². The molecule has 0 atom stereocenters. The molecule has 1 heterocycles. The minimum absolute atomic E-state index is 0.503. The highest BCUT2D eigenvalue weighted by Crippen LogP contribution is 2.33. The van der Waals surface area contributed by atoms with Gasteiger partial charge >= 0.3 is 0 Å². The van der Waals surface area contributed by atoms with Crippen molar-refractivity contribution in [2.45, 2.75) is 13.5 Å². The largest absolute Gasteiger partial charge is 0.493 e. The lowest BCUT2D eigenvalue weighted by molar-refractivity contribution is 0.132. The highest BCUT2D eigenvalue weighted by atomic mass is 16.5. The molecule has 0 aliphatic heterocycles. The molecule has 96 valence electrons. The third kappa shape index (κ3) is 2.38. The van der Waals surface area contributed by atoms with E-state index in [4.69, 9.17) is 14.2 Å². The molecule has 0 spiro atoms. The zero-order chi connectivity index (χ0) is 13.0. The van der Waals surface area contributed by atoms with E-state index in [2.05, 4.69) is 4.98 Å². The zero-order valence-electron chi connectivity index (χ0n) is 10.9. The van der Waals surface area contributed by atoms with Gasteiger partial charge in [-0.05, 0) is 30.5 Å². The SMILES string of the molecule is CCOCc1nccc2cc(OC)c(OC)cc12. The Morgan fingerprint density at radius 2 is 1.83 bits per heavy atom. The van der Waals surface area contributed by atoms with E-state index < -0.39 is 0 Å². The molecule has 0 saturated heterocycles. The predicted octanol–water partition coefficient (Wildman–Crippen LogP) is 2.79. The Morgan fingerprint density at radius 3 is 2.50 bits per heavy atom. The fraction of sp³-hybridized carbons (Fsp3) is 0.357. The number of ether oxygens (including phenoxy) is 3. The summed E-state index contributed by atoms with van der Waals surface area (Å²) in [5, 5.41) is 2.10. The first-order chi connectivity index (χ1) is 8.80. The summed E-state index contributed by atoms with van der Waals surface area (Å²) in [7, 11) is 3.26. The Balaban J connectivity index is 2.54. The normalized spacial score (nSPS) is 10.6. The third-order valence-electron chi connectivity index (χ3n) is 2.79. The van der Waals surface area contributed by atoms with E-state index in [0.717, 1.165) is 22.2 Å². The van der Waals surface area contributed by atoms with Gasteiger partial charge in [-0.1, -0.05) is 0 Å². The summed E-state index contributed by atoms with van der Waals surface area (Å²) in [4.78, 5) is 4.35. The molecule has 0 aliphatic rings. The van der Waals surface area contributed by atoms with Gasteiger partial charge in [0.2, 0.25) is 0 Å². The first-order valence-corrected chi connectivity index (χ1v) is 5.87. The van der Waals surface area contributed by atoms with Crippen LogP contribution in [0.1, 0.15) is 12.6 Å². The first-order valence-electron chi connectivity index (χ1n) is 5.87. The van der Waals surface area contributed by atoms with Gasteiger partial charge in [0.15, 0.2) is 11.5 Å². The molecule has 0 amide bonds. The van der Waals surface area contributed by atoms with Crippen LogP contribution in [0.5, 0.6) is 11.5 Å². The van der Waals surface area contributed by atoms with Crippen LogP contribution in [0.15, 0.2) is 24.4 Å². The smallest absolute Gasteiger partial charge is 0.161 e. The van der Waals surface area contributed by atoms with Crippen molar-refractivity contribution in [1.82, 2.24) is 4.98 Å². The summed E-state index contributed by atoms with van der Waals surface area (Å²) in [6, 6.07) is 5.84. The Hall–Kier alpha value is -1.81. The summed E-state index contributed by atoms with van der Waals surface area (Å²) >= 11 is 0. The van der Waals surface area contributed by atoms with E-state index in [9.17, 15) is 0 Å². The van der Waals surface area contributed by atoms with Gasteiger partial charge in [-0.2, -0.15) is 0 Å². The van der Waals surface area contributed by atoms with E-state index in [1.54, 1.807) is 20.4 Å². The van der Waals surface area contributed by atoms with Crippen LogP contribution in [-0.2, 0) is 11.3 Å². The monoisotopic (exact) mass is 247 g/mol. The van der Waals surface area contributed by atoms with E-state index in [0.29, 0.717) is 19.0 Å². The first kappa shape index (κ1) is 12.6. The molecule has 4 heteroatoms. The summed E-state index contributed by atoms with van der Waals surface area (Å²) in [6.07, 6.45) is 1.78. The van der Waals surface area contributed by atoms with Crippen molar-refractivity contribution < 1.29 is 14.2 Å². The van der Waals surface area contributed by atoms with Crippen LogP contribution in [0.4, 0.5) is 0 Å². The van der Waals surface area contributed by atoms with Gasteiger partial charge in [0.25, 0.3) is 0 Å². The molecule has 1 aromatic carbocycles. The van der Waals surface area contributed by atoms with Crippen molar-refractivity contribution in [3.63, 3.8) is 0 Å². The Labute approximate surface area is 106 Å². The summed E-state index contributed by atoms with van der Waals surface area (Å²) in [5.41, 5.74) is 0.912. The lowest BCUT2D eigenvalue weighted by atomic mass is 10.1. The van der Waals surface area contributed by atoms with Gasteiger partial charge in [0.1, 0.15) is 0 Å². The van der Waals surface area contributed by atoms with Crippen LogP contribution in [-0.4, -0.2) is 25.8 Å². The van der Waals surface area contributed by atoms with Crippen LogP contribution < -0.4 is 9.47 Å². The summed E-state index contributed by atoms with van der Waals surface area (Å²) in [5.74, 6) is 1.43. The molecule has 1 aromatic heterocycles. The van der Waals surface area contributed by atoms with E-state index >= 15 is 0 Å². The van der Waals surface area contributed by atoms with E-state index in [1.807, 2.05) is 25.1 Å². The molecule has 4 nitrogen and oxygen atoms in total. The molecule has 0 bridgehead atoms. The van der Waals surface area contributed by atoms with Crippen molar-refractivity contribution in [1.29, 1.82) is 0 Å². The summed E-state index contributed by atoms with van der Waals surface area (Å²) in [6.45, 7) is 3.14.